The average molecular weight is 481 g/mol. The van der Waals surface area contributed by atoms with E-state index < -0.39 is 62.8 Å². The van der Waals surface area contributed by atoms with Gasteiger partial charge >= 0.3 is 18.0 Å². The standard InChI is InChI=1S/C14H8Cl2F6N4O4/c1-2-30-12-10(26(28)29)11(14(20,21)22)25(23-5-27)24(12)9-7(15)3-6(4-8(9)16)13(17,18)19/h3-4,11H,2H2,1H3. The molecule has 30 heavy (non-hydrogen) atoms. The van der Waals surface area contributed by atoms with Crippen molar-refractivity contribution in [3.8, 4) is 0 Å². The van der Waals surface area contributed by atoms with E-state index in [2.05, 4.69) is 5.10 Å². The van der Waals surface area contributed by atoms with E-state index in [1.165, 1.54) is 6.92 Å². The fourth-order valence-corrected chi connectivity index (χ4v) is 3.21. The first-order chi connectivity index (χ1) is 13.8. The zero-order valence-electron chi connectivity index (χ0n) is 14.4. The number of hydrazine groups is 1. The summed E-state index contributed by atoms with van der Waals surface area (Å²) in [7, 11) is 0. The zero-order chi connectivity index (χ0) is 23.0. The van der Waals surface area contributed by atoms with Crippen LogP contribution in [0.2, 0.25) is 10.0 Å². The summed E-state index contributed by atoms with van der Waals surface area (Å²) in [5.74, 6) is -1.09. The third-order valence-electron chi connectivity index (χ3n) is 3.59. The second kappa shape index (κ2) is 8.20. The Morgan fingerprint density at radius 2 is 1.77 bits per heavy atom. The van der Waals surface area contributed by atoms with Gasteiger partial charge in [-0.05, 0) is 19.1 Å². The predicted molar refractivity (Wildman–Crippen MR) is 89.4 cm³/mol. The molecule has 0 saturated carbocycles. The molecule has 0 aliphatic carbocycles. The highest BCUT2D eigenvalue weighted by Gasteiger charge is 2.62. The maximum Gasteiger partial charge on any atom is 0.423 e. The van der Waals surface area contributed by atoms with Gasteiger partial charge in [-0.3, -0.25) is 10.1 Å². The summed E-state index contributed by atoms with van der Waals surface area (Å²) in [6.45, 7) is 0.870. The van der Waals surface area contributed by atoms with Crippen LogP contribution in [0.4, 0.5) is 32.0 Å². The molecule has 1 aromatic carbocycles. The first kappa shape index (κ1) is 23.6. The number of alkyl halides is 6. The highest BCUT2D eigenvalue weighted by atomic mass is 35.5. The summed E-state index contributed by atoms with van der Waals surface area (Å²) >= 11 is 11.6. The van der Waals surface area contributed by atoms with E-state index in [0.717, 1.165) is 6.08 Å². The molecule has 0 N–H and O–H groups in total. The molecule has 0 fully saturated rings. The second-order valence-corrected chi connectivity index (χ2v) is 6.25. The van der Waals surface area contributed by atoms with Crippen molar-refractivity contribution >= 4 is 35.0 Å². The van der Waals surface area contributed by atoms with Gasteiger partial charge in [-0.2, -0.15) is 36.5 Å². The molecule has 0 bridgehead atoms. The number of halogens is 8. The van der Waals surface area contributed by atoms with Crippen molar-refractivity contribution < 1.29 is 40.8 Å². The number of ether oxygens (including phenoxy) is 1. The number of benzene rings is 1. The normalized spacial score (nSPS) is 17.3. The van der Waals surface area contributed by atoms with Crippen molar-refractivity contribution in [2.75, 3.05) is 11.6 Å². The van der Waals surface area contributed by atoms with Crippen LogP contribution in [-0.2, 0) is 15.7 Å². The molecular weight excluding hydrogens is 473 g/mol. The number of rotatable bonds is 5. The molecule has 0 radical (unpaired) electrons. The minimum Gasteiger partial charge on any atom is -0.473 e. The van der Waals surface area contributed by atoms with Crippen LogP contribution >= 0.6 is 23.2 Å². The number of hydrogen-bond donors (Lipinski definition) is 0. The summed E-state index contributed by atoms with van der Waals surface area (Å²) in [5.41, 5.74) is -3.69. The Bertz CT molecular complexity index is 922. The Morgan fingerprint density at radius 1 is 1.23 bits per heavy atom. The first-order valence-corrected chi connectivity index (χ1v) is 8.32. The van der Waals surface area contributed by atoms with Gasteiger partial charge in [0.05, 0.1) is 27.1 Å². The van der Waals surface area contributed by atoms with Crippen LogP contribution in [-0.4, -0.2) is 34.9 Å². The SMILES string of the molecule is CCOC1=C([N+](=O)[O-])C(C(F)(F)F)N(N=C=O)N1c1c(Cl)cc(C(F)(F)F)cc1Cl. The molecule has 1 aliphatic heterocycles. The molecule has 1 aliphatic rings. The quantitative estimate of drug-likeness (QED) is 0.199. The van der Waals surface area contributed by atoms with Gasteiger partial charge in [0, 0.05) is 0 Å². The van der Waals surface area contributed by atoms with Gasteiger partial charge in [0.25, 0.3) is 18.0 Å². The maximum absolute atomic E-state index is 13.6. The number of isocyanates is 1. The van der Waals surface area contributed by atoms with Crippen LogP contribution in [0.3, 0.4) is 0 Å². The summed E-state index contributed by atoms with van der Waals surface area (Å²) < 4.78 is 84.6. The Morgan fingerprint density at radius 3 is 2.13 bits per heavy atom. The number of hydrazone groups is 1. The molecule has 1 heterocycles. The largest absolute Gasteiger partial charge is 0.473 e. The molecule has 1 unspecified atom stereocenters. The van der Waals surface area contributed by atoms with Gasteiger partial charge in [0.1, 0.15) is 5.69 Å². The highest BCUT2D eigenvalue weighted by Crippen LogP contribution is 2.48. The van der Waals surface area contributed by atoms with E-state index in [-0.39, 0.29) is 10.1 Å². The number of carbonyl (C=O) groups excluding carboxylic acids is 1. The number of hydrogen-bond acceptors (Lipinski definition) is 7. The highest BCUT2D eigenvalue weighted by molar-refractivity contribution is 6.39. The lowest BCUT2D eigenvalue weighted by Gasteiger charge is -2.31. The minimum absolute atomic E-state index is 0.204. The van der Waals surface area contributed by atoms with E-state index in [1.54, 1.807) is 0 Å². The molecular formula is C14H8Cl2F6N4O4. The van der Waals surface area contributed by atoms with Crippen molar-refractivity contribution in [1.82, 2.24) is 5.12 Å². The van der Waals surface area contributed by atoms with Gasteiger partial charge in [0.15, 0.2) is 0 Å². The molecule has 0 spiro atoms. The Kier molecular flexibility index (Phi) is 6.45. The van der Waals surface area contributed by atoms with Crippen LogP contribution < -0.4 is 5.01 Å². The van der Waals surface area contributed by atoms with Gasteiger partial charge in [-0.15, -0.1) is 0 Å². The van der Waals surface area contributed by atoms with E-state index in [9.17, 15) is 41.3 Å². The molecule has 1 atom stereocenters. The van der Waals surface area contributed by atoms with Crippen LogP contribution in [0.15, 0.2) is 28.8 Å². The van der Waals surface area contributed by atoms with Gasteiger partial charge in [0.2, 0.25) is 0 Å². The summed E-state index contributed by atoms with van der Waals surface area (Å²) in [5, 5.41) is 12.5. The number of nitrogens with zero attached hydrogens (tertiary/aromatic N) is 4. The Labute approximate surface area is 173 Å². The number of anilines is 1. The summed E-state index contributed by atoms with van der Waals surface area (Å²) in [4.78, 5) is 20.7. The predicted octanol–water partition coefficient (Wildman–Crippen LogP) is 4.71. The summed E-state index contributed by atoms with van der Waals surface area (Å²) in [6, 6.07) is -2.48. The molecule has 0 aromatic heterocycles. The lowest BCUT2D eigenvalue weighted by atomic mass is 10.2. The average Bonchev–Trinajstić information content (AvgIpc) is 2.89. The minimum atomic E-state index is -5.37. The Balaban J connectivity index is 2.87. The Hall–Kier alpha value is -2.70. The lowest BCUT2D eigenvalue weighted by Crippen LogP contribution is -2.47. The van der Waals surface area contributed by atoms with E-state index in [1.807, 2.05) is 0 Å². The summed E-state index contributed by atoms with van der Waals surface area (Å²) in [6.07, 6.45) is -9.48. The van der Waals surface area contributed by atoms with Gasteiger partial charge in [-0.1, -0.05) is 28.3 Å². The monoisotopic (exact) mass is 480 g/mol. The van der Waals surface area contributed by atoms with Crippen LogP contribution in [0.1, 0.15) is 12.5 Å². The molecule has 0 amide bonds. The van der Waals surface area contributed by atoms with Crippen molar-refractivity contribution in [2.45, 2.75) is 25.3 Å². The molecule has 164 valence electrons. The molecule has 16 heteroatoms. The third-order valence-corrected chi connectivity index (χ3v) is 4.17. The van der Waals surface area contributed by atoms with E-state index in [4.69, 9.17) is 27.9 Å². The zero-order valence-corrected chi connectivity index (χ0v) is 15.9. The fourth-order valence-electron chi connectivity index (χ4n) is 2.56. The topological polar surface area (TPSA) is 88.3 Å². The maximum atomic E-state index is 13.6. The number of nitro groups is 1. The lowest BCUT2D eigenvalue weighted by molar-refractivity contribution is -0.441. The van der Waals surface area contributed by atoms with Crippen LogP contribution in [0.5, 0.6) is 0 Å². The second-order valence-electron chi connectivity index (χ2n) is 5.43. The van der Waals surface area contributed by atoms with E-state index in [0.29, 0.717) is 12.1 Å². The third kappa shape index (κ3) is 4.25. The van der Waals surface area contributed by atoms with Gasteiger partial charge < -0.3 is 4.74 Å². The van der Waals surface area contributed by atoms with Crippen molar-refractivity contribution in [3.63, 3.8) is 0 Å². The van der Waals surface area contributed by atoms with Crippen molar-refractivity contribution in [1.29, 1.82) is 0 Å². The van der Waals surface area contributed by atoms with Crippen molar-refractivity contribution in [3.05, 3.63) is 49.4 Å². The molecule has 8 nitrogen and oxygen atoms in total. The molecule has 0 saturated heterocycles. The molecule has 1 aromatic rings. The molecule has 2 rings (SSSR count). The fraction of sp³-hybridized carbons (Fsp3) is 0.357. The van der Waals surface area contributed by atoms with Crippen molar-refractivity contribution in [2.24, 2.45) is 5.10 Å². The van der Waals surface area contributed by atoms with E-state index >= 15 is 0 Å². The van der Waals surface area contributed by atoms with Crippen LogP contribution in [0.25, 0.3) is 0 Å². The van der Waals surface area contributed by atoms with Gasteiger partial charge in [-0.25, -0.2) is 4.79 Å². The smallest absolute Gasteiger partial charge is 0.423 e. The first-order valence-electron chi connectivity index (χ1n) is 7.57. The van der Waals surface area contributed by atoms with Crippen LogP contribution in [0, 0.1) is 10.1 Å².